The van der Waals surface area contributed by atoms with Crippen LogP contribution in [-0.2, 0) is 19.0 Å². The summed E-state index contributed by atoms with van der Waals surface area (Å²) in [4.78, 5) is 24.1. The Morgan fingerprint density at radius 1 is 1.27 bits per heavy atom. The monoisotopic (exact) mass is 416 g/mol. The molecule has 0 bridgehead atoms. The van der Waals surface area contributed by atoms with Crippen LogP contribution < -0.4 is 0 Å². The zero-order chi connectivity index (χ0) is 16.5. The standard InChI is InChI=1S/C16H17IO5/c1-9(2)20-15(19)21-13-12(14(18)22-16(13,3)4)10-7-5-6-8-11(10)17/h5-9H,1-4H3. The Balaban J connectivity index is 2.48. The van der Waals surface area contributed by atoms with Crippen molar-refractivity contribution in [3.05, 3.63) is 39.2 Å². The van der Waals surface area contributed by atoms with Crippen LogP contribution in [0.15, 0.2) is 30.0 Å². The maximum absolute atomic E-state index is 12.2. The van der Waals surface area contributed by atoms with E-state index in [1.165, 1.54) is 0 Å². The largest absolute Gasteiger partial charge is 0.513 e. The molecule has 0 unspecified atom stereocenters. The van der Waals surface area contributed by atoms with Gasteiger partial charge in [-0.15, -0.1) is 0 Å². The fourth-order valence-corrected chi connectivity index (χ4v) is 2.75. The van der Waals surface area contributed by atoms with Crippen LogP contribution in [0.1, 0.15) is 33.3 Å². The summed E-state index contributed by atoms with van der Waals surface area (Å²) in [6.45, 7) is 6.79. The lowest BCUT2D eigenvalue weighted by molar-refractivity contribution is -0.144. The van der Waals surface area contributed by atoms with E-state index >= 15 is 0 Å². The predicted octanol–water partition coefficient (Wildman–Crippen LogP) is 3.90. The van der Waals surface area contributed by atoms with Crippen molar-refractivity contribution in [2.75, 3.05) is 0 Å². The van der Waals surface area contributed by atoms with Gasteiger partial charge in [-0.25, -0.2) is 9.59 Å². The third-order valence-corrected chi connectivity index (χ3v) is 3.93. The molecule has 0 aromatic heterocycles. The quantitative estimate of drug-likeness (QED) is 0.553. The summed E-state index contributed by atoms with van der Waals surface area (Å²) in [5.74, 6) is -0.339. The molecule has 1 aromatic rings. The topological polar surface area (TPSA) is 61.8 Å². The molecule has 0 fully saturated rings. The van der Waals surface area contributed by atoms with Gasteiger partial charge in [0.25, 0.3) is 0 Å². The molecular formula is C16H17IO5. The van der Waals surface area contributed by atoms with Crippen molar-refractivity contribution in [3.63, 3.8) is 0 Å². The second-order valence-electron chi connectivity index (χ2n) is 5.60. The molecule has 1 aliphatic heterocycles. The van der Waals surface area contributed by atoms with Crippen LogP contribution in [0.2, 0.25) is 0 Å². The van der Waals surface area contributed by atoms with Gasteiger partial charge in [-0.3, -0.25) is 0 Å². The van der Waals surface area contributed by atoms with Gasteiger partial charge in [-0.2, -0.15) is 0 Å². The lowest BCUT2D eigenvalue weighted by atomic mass is 10.00. The molecular weight excluding hydrogens is 399 g/mol. The van der Waals surface area contributed by atoms with Crippen molar-refractivity contribution in [1.82, 2.24) is 0 Å². The van der Waals surface area contributed by atoms with Crippen molar-refractivity contribution in [2.45, 2.75) is 39.4 Å². The highest BCUT2D eigenvalue weighted by molar-refractivity contribution is 14.1. The molecule has 118 valence electrons. The van der Waals surface area contributed by atoms with Gasteiger partial charge in [-0.1, -0.05) is 18.2 Å². The van der Waals surface area contributed by atoms with E-state index in [1.807, 2.05) is 18.2 Å². The Morgan fingerprint density at radius 2 is 1.91 bits per heavy atom. The second-order valence-corrected chi connectivity index (χ2v) is 6.76. The zero-order valence-electron chi connectivity index (χ0n) is 12.8. The molecule has 6 heteroatoms. The minimum absolute atomic E-state index is 0.173. The summed E-state index contributed by atoms with van der Waals surface area (Å²) >= 11 is 2.12. The number of ether oxygens (including phenoxy) is 3. The third kappa shape index (κ3) is 3.43. The van der Waals surface area contributed by atoms with E-state index < -0.39 is 17.7 Å². The van der Waals surface area contributed by atoms with E-state index in [0.29, 0.717) is 5.56 Å². The first kappa shape index (κ1) is 16.8. The predicted molar refractivity (Wildman–Crippen MR) is 89.0 cm³/mol. The van der Waals surface area contributed by atoms with Crippen LogP contribution in [0.5, 0.6) is 0 Å². The molecule has 0 aliphatic carbocycles. The first-order valence-electron chi connectivity index (χ1n) is 6.84. The molecule has 0 radical (unpaired) electrons. The number of esters is 1. The average molecular weight is 416 g/mol. The van der Waals surface area contributed by atoms with E-state index in [2.05, 4.69) is 22.6 Å². The molecule has 22 heavy (non-hydrogen) atoms. The van der Waals surface area contributed by atoms with Crippen LogP contribution in [0.3, 0.4) is 0 Å². The van der Waals surface area contributed by atoms with Crippen LogP contribution in [0, 0.1) is 3.57 Å². The SMILES string of the molecule is CC(C)OC(=O)OC1=C(c2ccccc2I)C(=O)OC1(C)C. The van der Waals surface area contributed by atoms with Crippen molar-refractivity contribution in [3.8, 4) is 0 Å². The van der Waals surface area contributed by atoms with Gasteiger partial charge in [-0.05, 0) is 56.4 Å². The summed E-state index contributed by atoms with van der Waals surface area (Å²) in [6.07, 6.45) is -1.16. The van der Waals surface area contributed by atoms with Gasteiger partial charge in [0, 0.05) is 9.13 Å². The van der Waals surface area contributed by atoms with Crippen molar-refractivity contribution < 1.29 is 23.8 Å². The van der Waals surface area contributed by atoms with Crippen molar-refractivity contribution in [1.29, 1.82) is 0 Å². The van der Waals surface area contributed by atoms with Crippen LogP contribution in [0.25, 0.3) is 5.57 Å². The summed E-state index contributed by atoms with van der Waals surface area (Å²) in [6, 6.07) is 7.33. The highest BCUT2D eigenvalue weighted by atomic mass is 127. The molecule has 0 amide bonds. The van der Waals surface area contributed by atoms with Crippen molar-refractivity contribution >= 4 is 40.3 Å². The van der Waals surface area contributed by atoms with Crippen LogP contribution in [0.4, 0.5) is 4.79 Å². The molecule has 0 saturated heterocycles. The smallest absolute Gasteiger partial charge is 0.448 e. The molecule has 0 N–H and O–H groups in total. The lowest BCUT2D eigenvalue weighted by Gasteiger charge is -2.20. The number of rotatable bonds is 3. The number of carbonyl (C=O) groups is 2. The first-order chi connectivity index (χ1) is 10.2. The van der Waals surface area contributed by atoms with E-state index in [-0.39, 0.29) is 17.4 Å². The number of halogens is 1. The van der Waals surface area contributed by atoms with Gasteiger partial charge < -0.3 is 14.2 Å². The second kappa shape index (κ2) is 6.28. The fourth-order valence-electron chi connectivity index (χ4n) is 2.09. The first-order valence-corrected chi connectivity index (χ1v) is 7.91. The highest BCUT2D eigenvalue weighted by Crippen LogP contribution is 2.39. The minimum Gasteiger partial charge on any atom is -0.448 e. The number of benzene rings is 1. The normalized spacial score (nSPS) is 16.7. The zero-order valence-corrected chi connectivity index (χ0v) is 15.0. The third-order valence-electron chi connectivity index (χ3n) is 2.99. The van der Waals surface area contributed by atoms with Crippen LogP contribution >= 0.6 is 22.6 Å². The molecule has 1 aromatic carbocycles. The van der Waals surface area contributed by atoms with Gasteiger partial charge in [0.1, 0.15) is 5.57 Å². The van der Waals surface area contributed by atoms with Gasteiger partial charge in [0.05, 0.1) is 6.10 Å². The number of cyclic esters (lactones) is 1. The minimum atomic E-state index is -1.03. The number of carbonyl (C=O) groups excluding carboxylic acids is 2. The van der Waals surface area contributed by atoms with Gasteiger partial charge in [0.15, 0.2) is 11.4 Å². The summed E-state index contributed by atoms with van der Waals surface area (Å²) in [7, 11) is 0. The molecule has 1 heterocycles. The van der Waals surface area contributed by atoms with E-state index in [0.717, 1.165) is 3.57 Å². The summed E-state index contributed by atoms with van der Waals surface area (Å²) in [5.41, 5.74) is -0.0943. The number of hydrogen-bond acceptors (Lipinski definition) is 5. The van der Waals surface area contributed by atoms with E-state index in [4.69, 9.17) is 14.2 Å². The molecule has 0 spiro atoms. The fraction of sp³-hybridized carbons (Fsp3) is 0.375. The molecule has 0 atom stereocenters. The Labute approximate surface area is 142 Å². The molecule has 0 saturated carbocycles. The maximum Gasteiger partial charge on any atom is 0.513 e. The highest BCUT2D eigenvalue weighted by Gasteiger charge is 2.44. The average Bonchev–Trinajstić information content (AvgIpc) is 2.59. The van der Waals surface area contributed by atoms with E-state index in [1.54, 1.807) is 33.8 Å². The lowest BCUT2D eigenvalue weighted by Crippen LogP contribution is -2.27. The van der Waals surface area contributed by atoms with Crippen molar-refractivity contribution in [2.24, 2.45) is 0 Å². The van der Waals surface area contributed by atoms with Gasteiger partial charge >= 0.3 is 12.1 Å². The Morgan fingerprint density at radius 3 is 2.50 bits per heavy atom. The van der Waals surface area contributed by atoms with Crippen LogP contribution in [-0.4, -0.2) is 23.8 Å². The Kier molecular flexibility index (Phi) is 4.79. The summed E-state index contributed by atoms with van der Waals surface area (Å²) < 4.78 is 16.5. The van der Waals surface area contributed by atoms with Gasteiger partial charge in [0.2, 0.25) is 0 Å². The Hall–Kier alpha value is -1.57. The molecule has 1 aliphatic rings. The molecule has 2 rings (SSSR count). The summed E-state index contributed by atoms with van der Waals surface area (Å²) in [5, 5.41) is 0. The van der Waals surface area contributed by atoms with E-state index in [9.17, 15) is 9.59 Å². The molecule has 5 nitrogen and oxygen atoms in total. The Bertz CT molecular complexity index is 646. The number of hydrogen-bond donors (Lipinski definition) is 0. The maximum atomic E-state index is 12.2.